The second-order valence-corrected chi connectivity index (χ2v) is 7.32. The molecule has 0 aliphatic rings. The molecule has 0 aliphatic carbocycles. The lowest BCUT2D eigenvalue weighted by Crippen LogP contribution is -2.19. The highest BCUT2D eigenvalue weighted by molar-refractivity contribution is 8.00. The van der Waals surface area contributed by atoms with E-state index in [2.05, 4.69) is 10.3 Å². The number of rotatable bonds is 5. The molecule has 3 rings (SSSR count). The Kier molecular flexibility index (Phi) is 5.68. The first-order chi connectivity index (χ1) is 12.0. The highest BCUT2D eigenvalue weighted by Crippen LogP contribution is 2.35. The summed E-state index contributed by atoms with van der Waals surface area (Å²) in [5, 5.41) is 4.12. The number of carbonyl (C=O) groups excluding carboxylic acids is 1. The van der Waals surface area contributed by atoms with Crippen molar-refractivity contribution in [1.29, 1.82) is 0 Å². The number of hydrogen-bond acceptors (Lipinski definition) is 3. The van der Waals surface area contributed by atoms with Crippen molar-refractivity contribution < 1.29 is 4.79 Å². The summed E-state index contributed by atoms with van der Waals surface area (Å²) in [4.78, 5) is 17.2. The van der Waals surface area contributed by atoms with Gasteiger partial charge < -0.3 is 9.88 Å². The number of thioether (sulfide) groups is 1. The van der Waals surface area contributed by atoms with Crippen LogP contribution in [0.2, 0.25) is 10.0 Å². The highest BCUT2D eigenvalue weighted by atomic mass is 35.5. The Hall–Kier alpha value is -1.95. The maximum absolute atomic E-state index is 12.9. The first-order valence-corrected chi connectivity index (χ1v) is 9.12. The Bertz CT molecular complexity index is 863. The van der Waals surface area contributed by atoms with Crippen LogP contribution in [0.5, 0.6) is 0 Å². The van der Waals surface area contributed by atoms with Crippen molar-refractivity contribution in [3.05, 3.63) is 76.5 Å². The van der Waals surface area contributed by atoms with Gasteiger partial charge in [0.15, 0.2) is 5.16 Å². The van der Waals surface area contributed by atoms with Gasteiger partial charge in [-0.25, -0.2) is 4.98 Å². The summed E-state index contributed by atoms with van der Waals surface area (Å²) < 4.78 is 1.88. The minimum absolute atomic E-state index is 0.169. The summed E-state index contributed by atoms with van der Waals surface area (Å²) in [5.41, 5.74) is 1.45. The van der Waals surface area contributed by atoms with Crippen molar-refractivity contribution in [3.63, 3.8) is 0 Å². The third kappa shape index (κ3) is 4.57. The lowest BCUT2D eigenvalue weighted by Gasteiger charge is -2.17. The molecule has 2 aromatic carbocycles. The molecule has 7 heteroatoms. The Balaban J connectivity index is 1.88. The van der Waals surface area contributed by atoms with Crippen LogP contribution >= 0.6 is 35.0 Å². The molecule has 0 fully saturated rings. The van der Waals surface area contributed by atoms with E-state index in [1.165, 1.54) is 11.8 Å². The quantitative estimate of drug-likeness (QED) is 0.607. The predicted octanol–water partition coefficient (Wildman–Crippen LogP) is 5.20. The van der Waals surface area contributed by atoms with Crippen molar-refractivity contribution >= 4 is 46.6 Å². The van der Waals surface area contributed by atoms with Crippen LogP contribution in [0.3, 0.4) is 0 Å². The molecular formula is C18H15Cl2N3OS. The van der Waals surface area contributed by atoms with Gasteiger partial charge in [-0.2, -0.15) is 0 Å². The van der Waals surface area contributed by atoms with Gasteiger partial charge in [-0.15, -0.1) is 0 Å². The minimum atomic E-state index is -0.458. The average Bonchev–Trinajstić information content (AvgIpc) is 2.97. The molecular weight excluding hydrogens is 377 g/mol. The fourth-order valence-corrected chi connectivity index (χ4v) is 3.85. The molecule has 4 nitrogen and oxygen atoms in total. The standard InChI is InChI=1S/C18H15Cl2N3OS/c1-23-8-7-21-18(23)25-16(12-5-3-2-4-6-12)17(24)22-15-10-13(19)9-14(20)11-15/h2-11,16H,1H3,(H,22,24)/t16-/m0/s1. The summed E-state index contributed by atoms with van der Waals surface area (Å²) in [6.07, 6.45) is 3.55. The summed E-state index contributed by atoms with van der Waals surface area (Å²) in [6, 6.07) is 14.5. The number of imidazole rings is 1. The van der Waals surface area contributed by atoms with Crippen LogP contribution in [0.1, 0.15) is 10.8 Å². The fraction of sp³-hybridized carbons (Fsp3) is 0.111. The Morgan fingerprint density at radius 1 is 1.16 bits per heavy atom. The molecule has 0 spiro atoms. The van der Waals surface area contributed by atoms with Crippen molar-refractivity contribution in [3.8, 4) is 0 Å². The average molecular weight is 392 g/mol. The molecule has 0 unspecified atom stereocenters. The van der Waals surface area contributed by atoms with Crippen LogP contribution < -0.4 is 5.32 Å². The normalized spacial score (nSPS) is 12.0. The van der Waals surface area contributed by atoms with Crippen LogP contribution in [-0.4, -0.2) is 15.5 Å². The molecule has 1 aromatic heterocycles. The molecule has 25 heavy (non-hydrogen) atoms. The van der Waals surface area contributed by atoms with Crippen LogP contribution in [0.15, 0.2) is 66.1 Å². The van der Waals surface area contributed by atoms with E-state index in [0.29, 0.717) is 15.7 Å². The molecule has 1 N–H and O–H groups in total. The van der Waals surface area contributed by atoms with Gasteiger partial charge in [0.05, 0.1) is 0 Å². The van der Waals surface area contributed by atoms with E-state index in [4.69, 9.17) is 23.2 Å². The molecule has 0 radical (unpaired) electrons. The highest BCUT2D eigenvalue weighted by Gasteiger charge is 2.24. The largest absolute Gasteiger partial charge is 0.329 e. The number of aryl methyl sites for hydroxylation is 1. The Morgan fingerprint density at radius 2 is 1.84 bits per heavy atom. The third-order valence-electron chi connectivity index (χ3n) is 3.47. The van der Waals surface area contributed by atoms with Crippen molar-refractivity contribution in [2.75, 3.05) is 5.32 Å². The van der Waals surface area contributed by atoms with E-state index >= 15 is 0 Å². The summed E-state index contributed by atoms with van der Waals surface area (Å²) >= 11 is 13.4. The topological polar surface area (TPSA) is 46.9 Å². The van der Waals surface area contributed by atoms with Gasteiger partial charge >= 0.3 is 0 Å². The van der Waals surface area contributed by atoms with E-state index in [1.54, 1.807) is 24.4 Å². The zero-order chi connectivity index (χ0) is 17.8. The van der Waals surface area contributed by atoms with Crippen LogP contribution in [0, 0.1) is 0 Å². The van der Waals surface area contributed by atoms with Gasteiger partial charge in [0.2, 0.25) is 5.91 Å². The number of carbonyl (C=O) groups is 1. The van der Waals surface area contributed by atoms with Gasteiger partial charge in [0.1, 0.15) is 5.25 Å². The van der Waals surface area contributed by atoms with Crippen LogP contribution in [0.4, 0.5) is 5.69 Å². The van der Waals surface area contributed by atoms with Gasteiger partial charge in [-0.05, 0) is 23.8 Å². The SMILES string of the molecule is Cn1ccnc1S[C@H](C(=O)Nc1cc(Cl)cc(Cl)c1)c1ccccc1. The van der Waals surface area contributed by atoms with E-state index in [1.807, 2.05) is 48.1 Å². The molecule has 128 valence electrons. The summed E-state index contributed by atoms with van der Waals surface area (Å²) in [5.74, 6) is -0.169. The number of hydrogen-bond donors (Lipinski definition) is 1. The second-order valence-electron chi connectivity index (χ2n) is 5.38. The smallest absolute Gasteiger partial charge is 0.242 e. The third-order valence-corrected chi connectivity index (χ3v) is 5.23. The molecule has 1 amide bonds. The Labute approximate surface area is 160 Å². The van der Waals surface area contributed by atoms with E-state index in [0.717, 1.165) is 10.7 Å². The zero-order valence-electron chi connectivity index (χ0n) is 13.3. The number of amides is 1. The van der Waals surface area contributed by atoms with Gasteiger partial charge in [0.25, 0.3) is 0 Å². The molecule has 0 saturated carbocycles. The number of nitrogens with zero attached hydrogens (tertiary/aromatic N) is 2. The van der Waals surface area contributed by atoms with Crippen molar-refractivity contribution in [2.45, 2.75) is 10.4 Å². The van der Waals surface area contributed by atoms with Crippen molar-refractivity contribution in [1.82, 2.24) is 9.55 Å². The number of aromatic nitrogens is 2. The van der Waals surface area contributed by atoms with Crippen LogP contribution in [0.25, 0.3) is 0 Å². The second kappa shape index (κ2) is 7.95. The fourth-order valence-electron chi connectivity index (χ4n) is 2.31. The number of benzene rings is 2. The maximum Gasteiger partial charge on any atom is 0.242 e. The van der Waals surface area contributed by atoms with E-state index in [9.17, 15) is 4.79 Å². The minimum Gasteiger partial charge on any atom is -0.329 e. The van der Waals surface area contributed by atoms with Gasteiger partial charge in [-0.3, -0.25) is 4.79 Å². The van der Waals surface area contributed by atoms with E-state index < -0.39 is 5.25 Å². The number of halogens is 2. The first-order valence-electron chi connectivity index (χ1n) is 7.49. The lowest BCUT2D eigenvalue weighted by atomic mass is 10.1. The molecule has 1 atom stereocenters. The zero-order valence-corrected chi connectivity index (χ0v) is 15.6. The molecule has 1 heterocycles. The number of anilines is 1. The first kappa shape index (κ1) is 17.9. The summed E-state index contributed by atoms with van der Waals surface area (Å²) in [6.45, 7) is 0. The molecule has 3 aromatic rings. The van der Waals surface area contributed by atoms with Crippen molar-refractivity contribution in [2.24, 2.45) is 7.05 Å². The molecule has 0 saturated heterocycles. The summed E-state index contributed by atoms with van der Waals surface area (Å²) in [7, 11) is 1.89. The maximum atomic E-state index is 12.9. The lowest BCUT2D eigenvalue weighted by molar-refractivity contribution is -0.115. The monoisotopic (exact) mass is 391 g/mol. The van der Waals surface area contributed by atoms with Gasteiger partial charge in [-0.1, -0.05) is 65.3 Å². The molecule has 0 aliphatic heterocycles. The Morgan fingerprint density at radius 3 is 2.44 bits per heavy atom. The van der Waals surface area contributed by atoms with E-state index in [-0.39, 0.29) is 5.91 Å². The van der Waals surface area contributed by atoms with Crippen LogP contribution in [-0.2, 0) is 11.8 Å². The predicted molar refractivity (Wildman–Crippen MR) is 103 cm³/mol. The number of nitrogens with one attached hydrogen (secondary N) is 1. The van der Waals surface area contributed by atoms with Gasteiger partial charge in [0, 0.05) is 35.2 Å². The molecule has 0 bridgehead atoms.